The highest BCUT2D eigenvalue weighted by Crippen LogP contribution is 2.38. The summed E-state index contributed by atoms with van der Waals surface area (Å²) in [6.45, 7) is 1.75. The van der Waals surface area contributed by atoms with Crippen LogP contribution < -0.4 is 15.2 Å². The number of nitrogens with zero attached hydrogens (tertiary/aromatic N) is 2. The van der Waals surface area contributed by atoms with Crippen molar-refractivity contribution in [3.63, 3.8) is 0 Å². The van der Waals surface area contributed by atoms with E-state index in [1.54, 1.807) is 10.9 Å². The van der Waals surface area contributed by atoms with Crippen molar-refractivity contribution in [2.45, 2.75) is 6.54 Å². The smallest absolute Gasteiger partial charge is 0.175 e. The third-order valence-corrected chi connectivity index (χ3v) is 4.24. The van der Waals surface area contributed by atoms with Crippen molar-refractivity contribution in [1.82, 2.24) is 9.78 Å². The quantitative estimate of drug-likeness (QED) is 0.736. The van der Waals surface area contributed by atoms with Crippen LogP contribution in [0.5, 0.6) is 11.5 Å². The van der Waals surface area contributed by atoms with Gasteiger partial charge in [0.25, 0.3) is 0 Å². The van der Waals surface area contributed by atoms with Crippen LogP contribution >= 0.6 is 38.5 Å². The summed E-state index contributed by atoms with van der Waals surface area (Å²) in [6, 6.07) is 3.97. The molecule has 100 valence electrons. The predicted octanol–water partition coefficient (Wildman–Crippen LogP) is 2.65. The first-order valence-electron chi connectivity index (χ1n) is 5.70. The molecule has 5 nitrogen and oxygen atoms in total. The fraction of sp³-hybridized carbons (Fsp3) is 0.250. The summed E-state index contributed by atoms with van der Waals surface area (Å²) in [6.07, 6.45) is 1.75. The minimum absolute atomic E-state index is 0.574. The van der Waals surface area contributed by atoms with Gasteiger partial charge in [-0.1, -0.05) is 0 Å². The second-order valence-corrected chi connectivity index (χ2v) is 6.15. The number of rotatable bonds is 2. The number of nitrogens with two attached hydrogens (primary N) is 1. The largest absolute Gasteiger partial charge is 0.486 e. The first-order chi connectivity index (χ1) is 9.15. The third kappa shape index (κ3) is 2.53. The average Bonchev–Trinajstić information content (AvgIpc) is 2.71. The van der Waals surface area contributed by atoms with Gasteiger partial charge in [-0.15, -0.1) is 0 Å². The molecule has 0 radical (unpaired) electrons. The van der Waals surface area contributed by atoms with Crippen LogP contribution in [0.1, 0.15) is 5.56 Å². The second kappa shape index (κ2) is 5.20. The molecule has 1 aliphatic rings. The zero-order valence-corrected chi connectivity index (χ0v) is 13.6. The molecule has 2 heterocycles. The molecule has 0 saturated heterocycles. The normalized spacial score (nSPS) is 13.6. The van der Waals surface area contributed by atoms with E-state index in [9.17, 15) is 0 Å². The Kier molecular flexibility index (Phi) is 3.57. The van der Waals surface area contributed by atoms with Crippen molar-refractivity contribution in [2.24, 2.45) is 0 Å². The fourth-order valence-corrected chi connectivity index (χ4v) is 2.93. The van der Waals surface area contributed by atoms with Gasteiger partial charge >= 0.3 is 0 Å². The molecule has 0 saturated carbocycles. The minimum Gasteiger partial charge on any atom is -0.486 e. The van der Waals surface area contributed by atoms with Gasteiger partial charge in [0, 0.05) is 0 Å². The Morgan fingerprint density at radius 1 is 1.37 bits per heavy atom. The van der Waals surface area contributed by atoms with Gasteiger partial charge in [0.1, 0.15) is 19.0 Å². The number of ether oxygens (including phenoxy) is 2. The molecule has 19 heavy (non-hydrogen) atoms. The minimum atomic E-state index is 0.574. The molecule has 2 N–H and O–H groups in total. The molecule has 0 amide bonds. The lowest BCUT2D eigenvalue weighted by Crippen LogP contribution is -2.16. The maximum atomic E-state index is 5.95. The van der Waals surface area contributed by atoms with E-state index in [1.165, 1.54) is 0 Å². The number of hydrogen-bond acceptors (Lipinski definition) is 4. The number of benzene rings is 1. The van der Waals surface area contributed by atoms with Crippen molar-refractivity contribution in [3.8, 4) is 11.5 Å². The molecule has 3 rings (SSSR count). The Morgan fingerprint density at radius 2 is 2.16 bits per heavy atom. The summed E-state index contributed by atoms with van der Waals surface area (Å²) in [4.78, 5) is 0. The van der Waals surface area contributed by atoms with Crippen LogP contribution in [0.25, 0.3) is 0 Å². The predicted molar refractivity (Wildman–Crippen MR) is 83.6 cm³/mol. The van der Waals surface area contributed by atoms with Crippen LogP contribution in [0.3, 0.4) is 0 Å². The van der Waals surface area contributed by atoms with Crippen molar-refractivity contribution < 1.29 is 9.47 Å². The number of anilines is 1. The van der Waals surface area contributed by atoms with E-state index in [-0.39, 0.29) is 0 Å². The monoisotopic (exact) mass is 435 g/mol. The van der Waals surface area contributed by atoms with Crippen LogP contribution in [-0.4, -0.2) is 23.0 Å². The Morgan fingerprint density at radius 3 is 2.89 bits per heavy atom. The zero-order valence-electron chi connectivity index (χ0n) is 9.90. The van der Waals surface area contributed by atoms with E-state index in [1.807, 2.05) is 12.1 Å². The molecule has 1 aromatic heterocycles. The Bertz CT molecular complexity index is 630. The number of hydrogen-bond donors (Lipinski definition) is 1. The molecule has 1 aliphatic heterocycles. The SMILES string of the molecule is Nc1c(I)cnn1Cc1cc(Br)c2c(c1)OCCO2. The number of halogens is 2. The fourth-order valence-electron chi connectivity index (χ4n) is 1.93. The summed E-state index contributed by atoms with van der Waals surface area (Å²) in [7, 11) is 0. The lowest BCUT2D eigenvalue weighted by molar-refractivity contribution is 0.170. The van der Waals surface area contributed by atoms with Gasteiger partial charge in [-0.3, -0.25) is 0 Å². The molecule has 0 bridgehead atoms. The highest BCUT2D eigenvalue weighted by atomic mass is 127. The molecule has 0 fully saturated rings. The van der Waals surface area contributed by atoms with Gasteiger partial charge in [-0.2, -0.15) is 5.10 Å². The number of fused-ring (bicyclic) bond motifs is 1. The van der Waals surface area contributed by atoms with Crippen molar-refractivity contribution >= 4 is 44.3 Å². The van der Waals surface area contributed by atoms with E-state index in [4.69, 9.17) is 15.2 Å². The van der Waals surface area contributed by atoms with Crippen LogP contribution in [0.4, 0.5) is 5.82 Å². The Labute approximate surface area is 132 Å². The van der Waals surface area contributed by atoms with Crippen LogP contribution in [0.2, 0.25) is 0 Å². The van der Waals surface area contributed by atoms with Crippen molar-refractivity contribution in [1.29, 1.82) is 0 Å². The maximum absolute atomic E-state index is 5.95. The summed E-state index contributed by atoms with van der Waals surface area (Å²) in [5.41, 5.74) is 7.01. The standard InChI is InChI=1S/C12H11BrIN3O2/c13-8-3-7(4-10-11(8)19-2-1-18-10)6-17-12(15)9(14)5-16-17/h3-5H,1-2,6,15H2. The Balaban J connectivity index is 1.93. The van der Waals surface area contributed by atoms with Crippen LogP contribution in [0.15, 0.2) is 22.8 Å². The molecule has 7 heteroatoms. The topological polar surface area (TPSA) is 62.3 Å². The molecule has 2 aromatic rings. The van der Waals surface area contributed by atoms with E-state index in [0.29, 0.717) is 25.6 Å². The van der Waals surface area contributed by atoms with E-state index < -0.39 is 0 Å². The zero-order chi connectivity index (χ0) is 13.4. The lowest BCUT2D eigenvalue weighted by Gasteiger charge is -2.20. The van der Waals surface area contributed by atoms with Gasteiger partial charge in [-0.05, 0) is 56.2 Å². The Hall–Kier alpha value is -0.960. The van der Waals surface area contributed by atoms with Gasteiger partial charge in [0.15, 0.2) is 11.5 Å². The van der Waals surface area contributed by atoms with Gasteiger partial charge in [0.2, 0.25) is 0 Å². The summed E-state index contributed by atoms with van der Waals surface area (Å²) < 4.78 is 14.8. The van der Waals surface area contributed by atoms with Gasteiger partial charge < -0.3 is 15.2 Å². The molecule has 0 unspecified atom stereocenters. The van der Waals surface area contributed by atoms with Crippen molar-refractivity contribution in [2.75, 3.05) is 18.9 Å². The first-order valence-corrected chi connectivity index (χ1v) is 7.57. The van der Waals surface area contributed by atoms with Crippen LogP contribution in [-0.2, 0) is 6.54 Å². The highest BCUT2D eigenvalue weighted by Gasteiger charge is 2.17. The summed E-state index contributed by atoms with van der Waals surface area (Å²) >= 11 is 5.67. The number of nitrogen functional groups attached to an aromatic ring is 1. The third-order valence-electron chi connectivity index (χ3n) is 2.82. The van der Waals surface area contributed by atoms with Crippen LogP contribution in [0, 0.1) is 3.57 Å². The molecule has 0 spiro atoms. The van der Waals surface area contributed by atoms with Crippen molar-refractivity contribution in [3.05, 3.63) is 31.9 Å². The first kappa shape index (κ1) is 13.0. The summed E-state index contributed by atoms with van der Waals surface area (Å²) in [5, 5.41) is 4.25. The molecular formula is C12H11BrIN3O2. The molecule has 0 atom stereocenters. The van der Waals surface area contributed by atoms with E-state index in [0.717, 1.165) is 25.1 Å². The maximum Gasteiger partial charge on any atom is 0.175 e. The molecular weight excluding hydrogens is 425 g/mol. The van der Waals surface area contributed by atoms with E-state index >= 15 is 0 Å². The van der Waals surface area contributed by atoms with Gasteiger partial charge in [0.05, 0.1) is 20.8 Å². The summed E-state index contributed by atoms with van der Waals surface area (Å²) in [5.74, 6) is 2.20. The highest BCUT2D eigenvalue weighted by molar-refractivity contribution is 14.1. The van der Waals surface area contributed by atoms with Gasteiger partial charge in [-0.25, -0.2) is 4.68 Å². The average molecular weight is 436 g/mol. The lowest BCUT2D eigenvalue weighted by atomic mass is 10.2. The van der Waals surface area contributed by atoms with E-state index in [2.05, 4.69) is 43.6 Å². The second-order valence-electron chi connectivity index (χ2n) is 4.14. The molecule has 0 aliphatic carbocycles. The number of aromatic nitrogens is 2. The molecule has 1 aromatic carbocycles.